The first kappa shape index (κ1) is 16.5. The maximum atomic E-state index is 15.1. The number of anilines is 1. The summed E-state index contributed by atoms with van der Waals surface area (Å²) in [6.07, 6.45) is 5.87. The van der Waals surface area contributed by atoms with Crippen LogP contribution < -0.4 is 10.3 Å². The Morgan fingerprint density at radius 3 is 2.65 bits per heavy atom. The van der Waals surface area contributed by atoms with Gasteiger partial charge >= 0.3 is 5.97 Å². The zero-order valence-electron chi connectivity index (χ0n) is 14.3. The average molecular weight is 355 g/mol. The fraction of sp³-hybridized carbons (Fsp3) is 0.316. The Kier molecular flexibility index (Phi) is 3.86. The Hall–Kier alpha value is -2.96. The van der Waals surface area contributed by atoms with E-state index in [0.29, 0.717) is 16.6 Å². The minimum Gasteiger partial charge on any atom is -0.477 e. The molecular weight excluding hydrogens is 337 g/mol. The van der Waals surface area contributed by atoms with Gasteiger partial charge in [-0.25, -0.2) is 9.18 Å². The Morgan fingerprint density at radius 2 is 1.96 bits per heavy atom. The van der Waals surface area contributed by atoms with E-state index in [9.17, 15) is 14.7 Å². The molecule has 0 aliphatic carbocycles. The number of aromatic nitrogens is 2. The Balaban J connectivity index is 2.03. The summed E-state index contributed by atoms with van der Waals surface area (Å²) in [5.41, 5.74) is 0.0873. The molecule has 1 fully saturated rings. The molecule has 0 atom stereocenters. The summed E-state index contributed by atoms with van der Waals surface area (Å²) >= 11 is 0. The maximum absolute atomic E-state index is 15.1. The summed E-state index contributed by atoms with van der Waals surface area (Å²) < 4.78 is 16.7. The Bertz CT molecular complexity index is 1100. The van der Waals surface area contributed by atoms with E-state index >= 15 is 4.39 Å². The molecule has 1 aliphatic heterocycles. The second-order valence-corrected chi connectivity index (χ2v) is 6.65. The number of carbonyl (C=O) groups is 1. The number of halogens is 1. The van der Waals surface area contributed by atoms with Gasteiger partial charge in [0.25, 0.3) is 0 Å². The van der Waals surface area contributed by atoms with Crippen LogP contribution in [0.25, 0.3) is 21.8 Å². The van der Waals surface area contributed by atoms with Crippen molar-refractivity contribution in [2.75, 3.05) is 18.0 Å². The third-order valence-electron chi connectivity index (χ3n) is 5.04. The molecule has 0 radical (unpaired) electrons. The highest BCUT2D eigenvalue weighted by Gasteiger charge is 2.21. The molecule has 1 aromatic carbocycles. The lowest BCUT2D eigenvalue weighted by atomic mass is 10.0. The first-order chi connectivity index (χ1) is 12.5. The quantitative estimate of drug-likeness (QED) is 0.716. The average Bonchev–Trinajstić information content (AvgIpc) is 2.64. The molecule has 2 aromatic heterocycles. The van der Waals surface area contributed by atoms with Gasteiger partial charge in [-0.3, -0.25) is 9.78 Å². The van der Waals surface area contributed by atoms with Gasteiger partial charge < -0.3 is 14.6 Å². The predicted molar refractivity (Wildman–Crippen MR) is 97.5 cm³/mol. The molecule has 0 unspecified atom stereocenters. The van der Waals surface area contributed by atoms with Gasteiger partial charge in [0.2, 0.25) is 5.43 Å². The molecule has 1 N–H and O–H groups in total. The van der Waals surface area contributed by atoms with Crippen molar-refractivity contribution in [3.8, 4) is 0 Å². The number of aryl methyl sites for hydroxylation is 1. The molecular formula is C19H18FN3O3. The van der Waals surface area contributed by atoms with Crippen LogP contribution in [-0.2, 0) is 7.05 Å². The molecule has 6 nitrogen and oxygen atoms in total. The third-order valence-corrected chi connectivity index (χ3v) is 5.04. The van der Waals surface area contributed by atoms with E-state index < -0.39 is 17.2 Å². The topological polar surface area (TPSA) is 75.4 Å². The van der Waals surface area contributed by atoms with Crippen LogP contribution in [0.2, 0.25) is 0 Å². The highest BCUT2D eigenvalue weighted by molar-refractivity contribution is 6.07. The number of hydrogen-bond acceptors (Lipinski definition) is 4. The largest absolute Gasteiger partial charge is 0.477 e. The monoisotopic (exact) mass is 355 g/mol. The van der Waals surface area contributed by atoms with Gasteiger partial charge in [-0.05, 0) is 31.4 Å². The number of nitrogens with zero attached hydrogens (tertiary/aromatic N) is 3. The van der Waals surface area contributed by atoms with Crippen LogP contribution in [-0.4, -0.2) is 33.7 Å². The molecule has 134 valence electrons. The van der Waals surface area contributed by atoms with Gasteiger partial charge in [-0.1, -0.05) is 0 Å². The number of benzene rings is 1. The molecule has 3 aromatic rings. The van der Waals surface area contributed by atoms with Crippen LogP contribution in [0.3, 0.4) is 0 Å². The summed E-state index contributed by atoms with van der Waals surface area (Å²) in [4.78, 5) is 30.3. The van der Waals surface area contributed by atoms with Gasteiger partial charge in [-0.15, -0.1) is 0 Å². The normalized spacial score (nSPS) is 14.9. The summed E-state index contributed by atoms with van der Waals surface area (Å²) in [7, 11) is 1.64. The SMILES string of the molecule is Cn1cc(C(=O)O)c(=O)c2c3ccc(N4CCCCC4)c(F)c3ncc21. The van der Waals surface area contributed by atoms with Crippen LogP contribution in [0.5, 0.6) is 0 Å². The molecule has 0 spiro atoms. The van der Waals surface area contributed by atoms with Gasteiger partial charge in [0, 0.05) is 31.7 Å². The molecule has 1 aliphatic rings. The van der Waals surface area contributed by atoms with E-state index in [4.69, 9.17) is 0 Å². The second-order valence-electron chi connectivity index (χ2n) is 6.65. The van der Waals surface area contributed by atoms with Gasteiger partial charge in [0.15, 0.2) is 5.82 Å². The van der Waals surface area contributed by atoms with Crippen molar-refractivity contribution >= 4 is 33.5 Å². The fourth-order valence-electron chi connectivity index (χ4n) is 3.70. The van der Waals surface area contributed by atoms with E-state index in [1.165, 1.54) is 17.0 Å². The van der Waals surface area contributed by atoms with Crippen LogP contribution in [0.4, 0.5) is 10.1 Å². The molecule has 7 heteroatoms. The van der Waals surface area contributed by atoms with Crippen molar-refractivity contribution in [2.24, 2.45) is 7.05 Å². The number of hydrogen-bond donors (Lipinski definition) is 1. The summed E-state index contributed by atoms with van der Waals surface area (Å²) in [5.74, 6) is -1.77. The lowest BCUT2D eigenvalue weighted by Gasteiger charge is -2.29. The molecule has 0 saturated carbocycles. The zero-order chi connectivity index (χ0) is 18.4. The van der Waals surface area contributed by atoms with Crippen molar-refractivity contribution < 1.29 is 14.3 Å². The minimum atomic E-state index is -1.30. The van der Waals surface area contributed by atoms with E-state index in [0.717, 1.165) is 32.4 Å². The number of pyridine rings is 2. The number of aromatic carboxylic acids is 1. The van der Waals surface area contributed by atoms with Gasteiger partial charge in [-0.2, -0.15) is 0 Å². The molecule has 1 saturated heterocycles. The molecule has 3 heterocycles. The van der Waals surface area contributed by atoms with Crippen molar-refractivity contribution in [1.82, 2.24) is 9.55 Å². The highest BCUT2D eigenvalue weighted by Crippen LogP contribution is 2.31. The predicted octanol–water partition coefficient (Wildman–Crippen LogP) is 2.91. The molecule has 4 rings (SSSR count). The highest BCUT2D eigenvalue weighted by atomic mass is 19.1. The Morgan fingerprint density at radius 1 is 1.23 bits per heavy atom. The van der Waals surface area contributed by atoms with Crippen LogP contribution in [0.15, 0.2) is 29.3 Å². The fourth-order valence-corrected chi connectivity index (χ4v) is 3.70. The van der Waals surface area contributed by atoms with Crippen LogP contribution >= 0.6 is 0 Å². The molecule has 26 heavy (non-hydrogen) atoms. The lowest BCUT2D eigenvalue weighted by molar-refractivity contribution is 0.0695. The lowest BCUT2D eigenvalue weighted by Crippen LogP contribution is -2.30. The third kappa shape index (κ3) is 2.42. The van der Waals surface area contributed by atoms with Crippen LogP contribution in [0, 0.1) is 5.82 Å². The minimum absolute atomic E-state index is 0.0974. The van der Waals surface area contributed by atoms with Crippen molar-refractivity contribution in [2.45, 2.75) is 19.3 Å². The number of carboxylic acid groups (broad SMARTS) is 1. The first-order valence-electron chi connectivity index (χ1n) is 8.58. The van der Waals surface area contributed by atoms with Crippen molar-refractivity contribution in [3.63, 3.8) is 0 Å². The van der Waals surface area contributed by atoms with E-state index in [1.807, 2.05) is 4.90 Å². The standard InChI is InChI=1S/C19H18FN3O3/c1-22-10-12(19(25)26)18(24)15-11-5-6-13(23-7-3-2-4-8-23)16(20)17(11)21-9-14(15)22/h5-6,9-10H,2-4,7-8H2,1H3,(H,25,26). The number of piperidine rings is 1. The first-order valence-corrected chi connectivity index (χ1v) is 8.58. The smallest absolute Gasteiger partial charge is 0.341 e. The second kappa shape index (κ2) is 6.09. The molecule has 0 bridgehead atoms. The van der Waals surface area contributed by atoms with E-state index in [1.54, 1.807) is 19.2 Å². The van der Waals surface area contributed by atoms with Crippen molar-refractivity contribution in [3.05, 3.63) is 46.1 Å². The summed E-state index contributed by atoms with van der Waals surface area (Å²) in [6, 6.07) is 3.34. The number of rotatable bonds is 2. The van der Waals surface area contributed by atoms with Crippen molar-refractivity contribution in [1.29, 1.82) is 0 Å². The maximum Gasteiger partial charge on any atom is 0.341 e. The van der Waals surface area contributed by atoms with E-state index in [2.05, 4.69) is 4.98 Å². The van der Waals surface area contributed by atoms with Crippen LogP contribution in [0.1, 0.15) is 29.6 Å². The number of carboxylic acids is 1. The van der Waals surface area contributed by atoms with Gasteiger partial charge in [0.1, 0.15) is 11.1 Å². The molecule has 0 amide bonds. The zero-order valence-corrected chi connectivity index (χ0v) is 14.3. The van der Waals surface area contributed by atoms with E-state index in [-0.39, 0.29) is 16.5 Å². The summed E-state index contributed by atoms with van der Waals surface area (Å²) in [5, 5.41) is 9.80. The summed E-state index contributed by atoms with van der Waals surface area (Å²) in [6.45, 7) is 1.59. The Labute approximate surface area is 148 Å². The number of fused-ring (bicyclic) bond motifs is 3. The van der Waals surface area contributed by atoms with Gasteiger partial charge in [0.05, 0.1) is 22.8 Å².